The van der Waals surface area contributed by atoms with E-state index in [1.54, 1.807) is 12.1 Å². The van der Waals surface area contributed by atoms with E-state index in [-0.39, 0.29) is 16.8 Å². The van der Waals surface area contributed by atoms with Crippen molar-refractivity contribution in [3.8, 4) is 0 Å². The van der Waals surface area contributed by atoms with Gasteiger partial charge in [0.15, 0.2) is 0 Å². The number of benzene rings is 1. The van der Waals surface area contributed by atoms with E-state index >= 15 is 0 Å². The molecule has 0 atom stereocenters. The van der Waals surface area contributed by atoms with Gasteiger partial charge in [0.05, 0.1) is 11.0 Å². The van der Waals surface area contributed by atoms with Crippen LogP contribution in [0.4, 0.5) is 5.69 Å². The molecule has 5 nitrogen and oxygen atoms in total. The molecule has 0 aromatic heterocycles. The van der Waals surface area contributed by atoms with Crippen LogP contribution in [0.2, 0.25) is 5.02 Å². The van der Waals surface area contributed by atoms with E-state index in [9.17, 15) is 15.2 Å². The summed E-state index contributed by atoms with van der Waals surface area (Å²) in [5.41, 5.74) is 0.809. The van der Waals surface area contributed by atoms with Crippen LogP contribution >= 0.6 is 11.6 Å². The summed E-state index contributed by atoms with van der Waals surface area (Å²) < 4.78 is 0. The van der Waals surface area contributed by atoms with Crippen molar-refractivity contribution in [1.82, 2.24) is 5.32 Å². The minimum absolute atomic E-state index is 0.0493. The Bertz CT molecular complexity index is 473. The maximum absolute atomic E-state index is 10.8. The summed E-state index contributed by atoms with van der Waals surface area (Å²) in [5.74, 6) is 0.584. The second-order valence-electron chi connectivity index (χ2n) is 5.35. The molecule has 1 aromatic carbocycles. The van der Waals surface area contributed by atoms with E-state index in [4.69, 9.17) is 11.6 Å². The number of aliphatic hydroxyl groups excluding tert-OH is 1. The summed E-state index contributed by atoms with van der Waals surface area (Å²) in [6.07, 6.45) is 3.69. The van der Waals surface area contributed by atoms with Crippen molar-refractivity contribution in [3.63, 3.8) is 0 Å². The standard InChI is InChI=1S/C14H19ClN2O3/c15-13-6-3-11(7-14(13)17(19)20)9-16-8-10-1-4-12(18)5-2-10/h3,6-7,10,12,16,18H,1-2,4-5,8-9H2. The number of nitro benzene ring substituents is 1. The normalized spacial score (nSPS) is 22.7. The van der Waals surface area contributed by atoms with Gasteiger partial charge >= 0.3 is 0 Å². The summed E-state index contributed by atoms with van der Waals surface area (Å²) in [5, 5.41) is 23.7. The van der Waals surface area contributed by atoms with Crippen LogP contribution in [0.3, 0.4) is 0 Å². The van der Waals surface area contributed by atoms with Crippen LogP contribution in [0.15, 0.2) is 18.2 Å². The molecule has 0 heterocycles. The first kappa shape index (κ1) is 15.2. The fraction of sp³-hybridized carbons (Fsp3) is 0.571. The molecule has 20 heavy (non-hydrogen) atoms. The third-order valence-electron chi connectivity index (χ3n) is 3.79. The molecule has 1 saturated carbocycles. The molecule has 1 aromatic rings. The Kier molecular flexibility index (Phi) is 5.34. The fourth-order valence-corrected chi connectivity index (χ4v) is 2.76. The Morgan fingerprint density at radius 3 is 2.70 bits per heavy atom. The molecule has 110 valence electrons. The molecule has 0 aliphatic heterocycles. The predicted molar refractivity (Wildman–Crippen MR) is 77.8 cm³/mol. The second-order valence-corrected chi connectivity index (χ2v) is 5.76. The maximum Gasteiger partial charge on any atom is 0.288 e. The molecule has 0 unspecified atom stereocenters. The van der Waals surface area contributed by atoms with Gasteiger partial charge in [-0.3, -0.25) is 10.1 Å². The first-order valence-corrected chi connectivity index (χ1v) is 7.25. The van der Waals surface area contributed by atoms with Crippen molar-refractivity contribution in [2.45, 2.75) is 38.3 Å². The Morgan fingerprint density at radius 2 is 2.05 bits per heavy atom. The van der Waals surface area contributed by atoms with Crippen LogP contribution in [0.25, 0.3) is 0 Å². The maximum atomic E-state index is 10.8. The molecule has 2 N–H and O–H groups in total. The zero-order valence-corrected chi connectivity index (χ0v) is 12.0. The first-order chi connectivity index (χ1) is 9.56. The van der Waals surface area contributed by atoms with Crippen LogP contribution in [0.5, 0.6) is 0 Å². The largest absolute Gasteiger partial charge is 0.393 e. The monoisotopic (exact) mass is 298 g/mol. The number of hydrogen-bond donors (Lipinski definition) is 2. The third-order valence-corrected chi connectivity index (χ3v) is 4.11. The highest BCUT2D eigenvalue weighted by Crippen LogP contribution is 2.26. The number of nitro groups is 1. The van der Waals surface area contributed by atoms with Crippen LogP contribution in [0.1, 0.15) is 31.2 Å². The van der Waals surface area contributed by atoms with E-state index in [0.29, 0.717) is 12.5 Å². The molecule has 1 aliphatic rings. The molecule has 1 fully saturated rings. The van der Waals surface area contributed by atoms with Crippen LogP contribution in [-0.4, -0.2) is 22.7 Å². The highest BCUT2D eigenvalue weighted by atomic mass is 35.5. The van der Waals surface area contributed by atoms with Gasteiger partial charge in [0, 0.05) is 12.6 Å². The van der Waals surface area contributed by atoms with Crippen molar-refractivity contribution in [1.29, 1.82) is 0 Å². The number of nitrogens with one attached hydrogen (secondary N) is 1. The summed E-state index contributed by atoms with van der Waals surface area (Å²) in [6.45, 7) is 1.47. The van der Waals surface area contributed by atoms with Crippen molar-refractivity contribution >= 4 is 17.3 Å². The molecule has 0 spiro atoms. The lowest BCUT2D eigenvalue weighted by molar-refractivity contribution is -0.384. The smallest absolute Gasteiger partial charge is 0.288 e. The molecular formula is C14H19ClN2O3. The van der Waals surface area contributed by atoms with Gasteiger partial charge < -0.3 is 10.4 Å². The fourth-order valence-electron chi connectivity index (χ4n) is 2.58. The quantitative estimate of drug-likeness (QED) is 0.647. The molecule has 0 bridgehead atoms. The predicted octanol–water partition coefficient (Wildman–Crippen LogP) is 2.89. The van der Waals surface area contributed by atoms with Gasteiger partial charge in [-0.2, -0.15) is 0 Å². The highest BCUT2D eigenvalue weighted by Gasteiger charge is 2.19. The van der Waals surface area contributed by atoms with Gasteiger partial charge in [-0.15, -0.1) is 0 Å². The molecule has 1 aliphatic carbocycles. The SMILES string of the molecule is O=[N+]([O-])c1cc(CNCC2CCC(O)CC2)ccc1Cl. The van der Waals surface area contributed by atoms with Crippen molar-refractivity contribution in [2.75, 3.05) is 6.54 Å². The van der Waals surface area contributed by atoms with Crippen molar-refractivity contribution in [2.24, 2.45) is 5.92 Å². The van der Waals surface area contributed by atoms with Gasteiger partial charge in [0.1, 0.15) is 5.02 Å². The molecular weight excluding hydrogens is 280 g/mol. The third kappa shape index (κ3) is 4.16. The lowest BCUT2D eigenvalue weighted by Gasteiger charge is -2.25. The average Bonchev–Trinajstić information content (AvgIpc) is 2.42. The van der Waals surface area contributed by atoms with Gasteiger partial charge in [-0.1, -0.05) is 17.7 Å². The van der Waals surface area contributed by atoms with Gasteiger partial charge in [0.2, 0.25) is 0 Å². The second kappa shape index (κ2) is 7.02. The number of hydrogen-bond acceptors (Lipinski definition) is 4. The lowest BCUT2D eigenvalue weighted by Crippen LogP contribution is -2.27. The number of aliphatic hydroxyl groups is 1. The summed E-state index contributed by atoms with van der Waals surface area (Å²) >= 11 is 5.77. The Balaban J connectivity index is 1.82. The zero-order chi connectivity index (χ0) is 14.5. The molecule has 6 heteroatoms. The van der Waals surface area contributed by atoms with E-state index in [1.165, 1.54) is 6.07 Å². The van der Waals surface area contributed by atoms with E-state index in [0.717, 1.165) is 37.8 Å². The molecule has 0 amide bonds. The lowest BCUT2D eigenvalue weighted by atomic mass is 9.87. The van der Waals surface area contributed by atoms with Gasteiger partial charge in [-0.05, 0) is 49.8 Å². The molecule has 0 radical (unpaired) electrons. The van der Waals surface area contributed by atoms with E-state index in [1.807, 2.05) is 0 Å². The van der Waals surface area contributed by atoms with Crippen LogP contribution in [0, 0.1) is 16.0 Å². The first-order valence-electron chi connectivity index (χ1n) is 6.88. The minimum Gasteiger partial charge on any atom is -0.393 e. The number of nitrogens with zero attached hydrogens (tertiary/aromatic N) is 1. The Hall–Kier alpha value is -1.17. The number of rotatable bonds is 5. The molecule has 0 saturated heterocycles. The highest BCUT2D eigenvalue weighted by molar-refractivity contribution is 6.32. The van der Waals surface area contributed by atoms with E-state index in [2.05, 4.69) is 5.32 Å². The van der Waals surface area contributed by atoms with Crippen molar-refractivity contribution in [3.05, 3.63) is 38.9 Å². The Labute approximate surface area is 123 Å². The summed E-state index contributed by atoms with van der Waals surface area (Å²) in [6, 6.07) is 4.88. The zero-order valence-electron chi connectivity index (χ0n) is 11.2. The molecule has 2 rings (SSSR count). The topological polar surface area (TPSA) is 75.4 Å². The minimum atomic E-state index is -0.464. The summed E-state index contributed by atoms with van der Waals surface area (Å²) in [7, 11) is 0. The number of halogens is 1. The average molecular weight is 299 g/mol. The van der Waals surface area contributed by atoms with E-state index < -0.39 is 4.92 Å². The van der Waals surface area contributed by atoms with Crippen molar-refractivity contribution < 1.29 is 10.0 Å². The van der Waals surface area contributed by atoms with Gasteiger partial charge in [0.25, 0.3) is 5.69 Å². The summed E-state index contributed by atoms with van der Waals surface area (Å²) in [4.78, 5) is 10.3. The van der Waals surface area contributed by atoms with Gasteiger partial charge in [-0.25, -0.2) is 0 Å². The van der Waals surface area contributed by atoms with Crippen LogP contribution in [-0.2, 0) is 6.54 Å². The Morgan fingerprint density at radius 1 is 1.35 bits per heavy atom. The van der Waals surface area contributed by atoms with Crippen LogP contribution < -0.4 is 5.32 Å².